The van der Waals surface area contributed by atoms with Gasteiger partial charge in [0.25, 0.3) is 0 Å². The van der Waals surface area contributed by atoms with Gasteiger partial charge in [0.15, 0.2) is 11.5 Å². The monoisotopic (exact) mass is 364 g/mol. The molecule has 2 aliphatic rings. The van der Waals surface area contributed by atoms with E-state index in [2.05, 4.69) is 22.2 Å². The molecule has 4 heterocycles. The Morgan fingerprint density at radius 3 is 2.70 bits per heavy atom. The molecule has 2 aliphatic heterocycles. The second-order valence-corrected chi connectivity index (χ2v) is 6.86. The fourth-order valence-corrected chi connectivity index (χ4v) is 3.49. The Balaban J connectivity index is 1.40. The molecule has 1 atom stereocenters. The van der Waals surface area contributed by atoms with Crippen LogP contribution < -0.4 is 14.8 Å². The standard InChI is InChI=1S/C20H20N4O3/c1-12-5-16(24-17-7-19-18(6-15(12)17)26-11-27-19)13-8-21-20(22-9-13)23-10-14-3-2-4-25-14/h5-9,14H,2-4,10-11H2,1H3,(H,21,22,23). The highest BCUT2D eigenvalue weighted by atomic mass is 16.7. The van der Waals surface area contributed by atoms with E-state index in [-0.39, 0.29) is 12.9 Å². The smallest absolute Gasteiger partial charge is 0.231 e. The van der Waals surface area contributed by atoms with Crippen molar-refractivity contribution in [2.24, 2.45) is 0 Å². The second kappa shape index (κ2) is 6.66. The van der Waals surface area contributed by atoms with Gasteiger partial charge >= 0.3 is 0 Å². The number of anilines is 1. The van der Waals surface area contributed by atoms with Gasteiger partial charge in [-0.15, -0.1) is 0 Å². The SMILES string of the molecule is Cc1cc(-c2cnc(NCC3CCCO3)nc2)nc2cc3c(cc12)OCO3. The number of fused-ring (bicyclic) bond motifs is 2. The van der Waals surface area contributed by atoms with Crippen molar-refractivity contribution in [2.45, 2.75) is 25.9 Å². The van der Waals surface area contributed by atoms with Gasteiger partial charge in [-0.3, -0.25) is 0 Å². The Morgan fingerprint density at radius 1 is 1.11 bits per heavy atom. The van der Waals surface area contributed by atoms with Crippen molar-refractivity contribution < 1.29 is 14.2 Å². The largest absolute Gasteiger partial charge is 0.454 e. The number of hydrogen-bond donors (Lipinski definition) is 1. The van der Waals surface area contributed by atoms with E-state index < -0.39 is 0 Å². The van der Waals surface area contributed by atoms with Crippen LogP contribution in [-0.4, -0.2) is 41.0 Å². The van der Waals surface area contributed by atoms with Crippen LogP contribution in [-0.2, 0) is 4.74 Å². The van der Waals surface area contributed by atoms with E-state index >= 15 is 0 Å². The summed E-state index contributed by atoms with van der Waals surface area (Å²) >= 11 is 0. The third-order valence-corrected chi connectivity index (χ3v) is 4.97. The average molecular weight is 364 g/mol. The summed E-state index contributed by atoms with van der Waals surface area (Å²) in [7, 11) is 0. The van der Waals surface area contributed by atoms with Gasteiger partial charge in [-0.05, 0) is 37.5 Å². The van der Waals surface area contributed by atoms with Crippen LogP contribution in [0, 0.1) is 6.92 Å². The first-order valence-corrected chi connectivity index (χ1v) is 9.15. The van der Waals surface area contributed by atoms with E-state index in [1.165, 1.54) is 0 Å². The predicted molar refractivity (Wildman–Crippen MR) is 101 cm³/mol. The molecule has 5 rings (SSSR count). The second-order valence-electron chi connectivity index (χ2n) is 6.86. The van der Waals surface area contributed by atoms with E-state index in [1.54, 1.807) is 12.4 Å². The van der Waals surface area contributed by atoms with E-state index in [0.29, 0.717) is 5.95 Å². The third-order valence-electron chi connectivity index (χ3n) is 4.97. The third kappa shape index (κ3) is 3.14. The number of benzene rings is 1. The highest BCUT2D eigenvalue weighted by Crippen LogP contribution is 2.37. The maximum absolute atomic E-state index is 5.61. The molecule has 1 aromatic carbocycles. The summed E-state index contributed by atoms with van der Waals surface area (Å²) in [6.45, 7) is 3.90. The van der Waals surface area contributed by atoms with Gasteiger partial charge in [0, 0.05) is 42.6 Å². The highest BCUT2D eigenvalue weighted by molar-refractivity contribution is 5.88. The van der Waals surface area contributed by atoms with Crippen LogP contribution >= 0.6 is 0 Å². The van der Waals surface area contributed by atoms with Gasteiger partial charge in [-0.25, -0.2) is 15.0 Å². The van der Waals surface area contributed by atoms with Crippen LogP contribution in [0.3, 0.4) is 0 Å². The average Bonchev–Trinajstić information content (AvgIpc) is 3.37. The lowest BCUT2D eigenvalue weighted by atomic mass is 10.1. The van der Waals surface area contributed by atoms with Crippen molar-refractivity contribution in [3.8, 4) is 22.8 Å². The number of pyridine rings is 1. The Morgan fingerprint density at radius 2 is 1.93 bits per heavy atom. The van der Waals surface area contributed by atoms with Gasteiger partial charge in [0.1, 0.15) is 0 Å². The molecule has 0 spiro atoms. The predicted octanol–water partition coefficient (Wildman–Crippen LogP) is 3.32. The van der Waals surface area contributed by atoms with Gasteiger partial charge < -0.3 is 19.5 Å². The molecule has 7 nitrogen and oxygen atoms in total. The maximum atomic E-state index is 5.61. The summed E-state index contributed by atoms with van der Waals surface area (Å²) in [4.78, 5) is 13.6. The molecule has 0 saturated carbocycles. The molecule has 1 unspecified atom stereocenters. The Kier molecular flexibility index (Phi) is 4.01. The minimum Gasteiger partial charge on any atom is -0.454 e. The van der Waals surface area contributed by atoms with Crippen LogP contribution in [0.15, 0.2) is 30.6 Å². The molecule has 1 saturated heterocycles. The molecular weight excluding hydrogens is 344 g/mol. The lowest BCUT2D eigenvalue weighted by Gasteiger charge is -2.11. The van der Waals surface area contributed by atoms with Crippen molar-refractivity contribution in [2.75, 3.05) is 25.3 Å². The first-order chi connectivity index (χ1) is 13.3. The zero-order valence-electron chi connectivity index (χ0n) is 15.1. The number of ether oxygens (including phenoxy) is 3. The fraction of sp³-hybridized carbons (Fsp3) is 0.350. The number of nitrogens with zero attached hydrogens (tertiary/aromatic N) is 3. The Hall–Kier alpha value is -2.93. The molecular formula is C20H20N4O3. The van der Waals surface area contributed by atoms with Gasteiger partial charge in [-0.2, -0.15) is 0 Å². The van der Waals surface area contributed by atoms with Crippen molar-refractivity contribution in [3.05, 3.63) is 36.2 Å². The molecule has 7 heteroatoms. The lowest BCUT2D eigenvalue weighted by Crippen LogP contribution is -2.19. The highest BCUT2D eigenvalue weighted by Gasteiger charge is 2.17. The van der Waals surface area contributed by atoms with Crippen molar-refractivity contribution >= 4 is 16.9 Å². The van der Waals surface area contributed by atoms with Crippen LogP contribution in [0.2, 0.25) is 0 Å². The molecule has 0 aliphatic carbocycles. The number of rotatable bonds is 4. The zero-order valence-corrected chi connectivity index (χ0v) is 15.1. The zero-order chi connectivity index (χ0) is 18.2. The summed E-state index contributed by atoms with van der Waals surface area (Å²) in [5.41, 5.74) is 3.70. The van der Waals surface area contributed by atoms with Crippen LogP contribution in [0.1, 0.15) is 18.4 Å². The number of hydrogen-bond acceptors (Lipinski definition) is 7. The summed E-state index contributed by atoms with van der Waals surface area (Å²) in [6, 6.07) is 5.95. The minimum absolute atomic E-state index is 0.256. The summed E-state index contributed by atoms with van der Waals surface area (Å²) in [5, 5.41) is 4.29. The maximum Gasteiger partial charge on any atom is 0.231 e. The van der Waals surface area contributed by atoms with E-state index in [1.807, 2.05) is 18.2 Å². The summed E-state index contributed by atoms with van der Waals surface area (Å²) < 4.78 is 16.5. The molecule has 3 aromatic rings. The van der Waals surface area contributed by atoms with Crippen molar-refractivity contribution in [1.29, 1.82) is 0 Å². The van der Waals surface area contributed by atoms with Crippen LogP contribution in [0.5, 0.6) is 11.5 Å². The van der Waals surface area contributed by atoms with Gasteiger partial charge in [0.05, 0.1) is 17.3 Å². The first kappa shape index (κ1) is 16.3. The van der Waals surface area contributed by atoms with E-state index in [9.17, 15) is 0 Å². The van der Waals surface area contributed by atoms with Crippen molar-refractivity contribution in [1.82, 2.24) is 15.0 Å². The van der Waals surface area contributed by atoms with Gasteiger partial charge in [-0.1, -0.05) is 0 Å². The quantitative estimate of drug-likeness (QED) is 0.761. The van der Waals surface area contributed by atoms with Crippen molar-refractivity contribution in [3.63, 3.8) is 0 Å². The Bertz CT molecular complexity index is 985. The number of aryl methyl sites for hydroxylation is 1. The van der Waals surface area contributed by atoms with Crippen LogP contribution in [0.25, 0.3) is 22.2 Å². The first-order valence-electron chi connectivity index (χ1n) is 9.15. The number of aromatic nitrogens is 3. The summed E-state index contributed by atoms with van der Waals surface area (Å²) in [5.74, 6) is 2.11. The fourth-order valence-electron chi connectivity index (χ4n) is 3.49. The van der Waals surface area contributed by atoms with Gasteiger partial charge in [0.2, 0.25) is 12.7 Å². The summed E-state index contributed by atoms with van der Waals surface area (Å²) in [6.07, 6.45) is 6.06. The van der Waals surface area contributed by atoms with E-state index in [4.69, 9.17) is 19.2 Å². The molecule has 1 fully saturated rings. The molecule has 138 valence electrons. The molecule has 0 bridgehead atoms. The molecule has 1 N–H and O–H groups in total. The number of nitrogens with one attached hydrogen (secondary N) is 1. The van der Waals surface area contributed by atoms with E-state index in [0.717, 1.165) is 65.2 Å². The minimum atomic E-state index is 0.256. The Labute approximate surface area is 156 Å². The molecule has 2 aromatic heterocycles. The topological polar surface area (TPSA) is 78.4 Å². The lowest BCUT2D eigenvalue weighted by molar-refractivity contribution is 0.120. The molecule has 0 amide bonds. The normalized spacial score (nSPS) is 18.2. The van der Waals surface area contributed by atoms with Crippen LogP contribution in [0.4, 0.5) is 5.95 Å². The molecule has 27 heavy (non-hydrogen) atoms. The molecule has 0 radical (unpaired) electrons.